The van der Waals surface area contributed by atoms with Crippen molar-refractivity contribution in [2.45, 2.75) is 0 Å². The Labute approximate surface area is 267 Å². The van der Waals surface area contributed by atoms with Crippen molar-refractivity contribution in [3.63, 3.8) is 0 Å². The van der Waals surface area contributed by atoms with Gasteiger partial charge in [0, 0.05) is 33.4 Å². The lowest BCUT2D eigenvalue weighted by Crippen LogP contribution is -1.98. The third-order valence-electron chi connectivity index (χ3n) is 8.13. The van der Waals surface area contributed by atoms with Gasteiger partial charge in [0.1, 0.15) is 0 Å². The van der Waals surface area contributed by atoms with Gasteiger partial charge in [-0.05, 0) is 22.9 Å². The van der Waals surface area contributed by atoms with Crippen LogP contribution in [0.25, 0.3) is 78.6 Å². The van der Waals surface area contributed by atoms with Gasteiger partial charge >= 0.3 is 0 Å². The summed E-state index contributed by atoms with van der Waals surface area (Å²) in [4.78, 5) is 20.5. The van der Waals surface area contributed by atoms with Crippen LogP contribution in [0, 0.1) is 0 Å². The highest BCUT2D eigenvalue weighted by Gasteiger charge is 2.17. The molecule has 0 radical (unpaired) electrons. The molecule has 0 fully saturated rings. The van der Waals surface area contributed by atoms with Crippen molar-refractivity contribution in [1.29, 1.82) is 0 Å². The molecule has 0 bridgehead atoms. The average molecular weight is 589 g/mol. The molecule has 0 amide bonds. The van der Waals surface area contributed by atoms with E-state index in [0.29, 0.717) is 11.6 Å². The van der Waals surface area contributed by atoms with Gasteiger partial charge in [0.2, 0.25) is 0 Å². The first-order valence-electron chi connectivity index (χ1n) is 15.3. The smallest absolute Gasteiger partial charge is 0.161 e. The van der Waals surface area contributed by atoms with Crippen molar-refractivity contribution in [2.75, 3.05) is 0 Å². The van der Waals surface area contributed by atoms with E-state index in [0.717, 1.165) is 66.9 Å². The van der Waals surface area contributed by atoms with Gasteiger partial charge in [0.05, 0.1) is 22.8 Å². The van der Waals surface area contributed by atoms with Gasteiger partial charge in [-0.1, -0.05) is 158 Å². The molecule has 46 heavy (non-hydrogen) atoms. The van der Waals surface area contributed by atoms with Crippen LogP contribution in [0.4, 0.5) is 0 Å². The summed E-state index contributed by atoms with van der Waals surface area (Å²) in [6.45, 7) is 0. The van der Waals surface area contributed by atoms with E-state index in [9.17, 15) is 0 Å². The number of nitrogens with zero attached hydrogens (tertiary/aromatic N) is 4. The number of hydrogen-bond acceptors (Lipinski definition) is 4. The SMILES string of the molecule is c1ccc(-c2cc(-c3ccccc3)nc(-c3cccc4c(-c5nc(-c6ccccc6)cc(-c6ccccc6)n5)cccc34)n2)cc1. The van der Waals surface area contributed by atoms with E-state index in [2.05, 4.69) is 97.1 Å². The molecule has 8 rings (SSSR count). The van der Waals surface area contributed by atoms with Gasteiger partial charge in [-0.15, -0.1) is 0 Å². The highest BCUT2D eigenvalue weighted by molar-refractivity contribution is 6.03. The zero-order chi connectivity index (χ0) is 30.7. The molecule has 0 aliphatic rings. The number of fused-ring (bicyclic) bond motifs is 1. The Bertz CT molecular complexity index is 2000. The average Bonchev–Trinajstić information content (AvgIpc) is 3.15. The maximum absolute atomic E-state index is 5.12. The lowest BCUT2D eigenvalue weighted by Gasteiger charge is -2.14. The fourth-order valence-electron chi connectivity index (χ4n) is 5.86. The first-order chi connectivity index (χ1) is 22.8. The minimum absolute atomic E-state index is 0.673. The van der Waals surface area contributed by atoms with Gasteiger partial charge in [0.25, 0.3) is 0 Å². The van der Waals surface area contributed by atoms with E-state index in [1.807, 2.05) is 72.8 Å². The Morgan fingerprint density at radius 3 is 0.826 bits per heavy atom. The molecule has 0 saturated carbocycles. The van der Waals surface area contributed by atoms with Gasteiger partial charge in [0.15, 0.2) is 11.6 Å². The highest BCUT2D eigenvalue weighted by Crippen LogP contribution is 2.36. The predicted molar refractivity (Wildman–Crippen MR) is 188 cm³/mol. The highest BCUT2D eigenvalue weighted by atomic mass is 14.9. The Hall–Kier alpha value is -6.26. The molecule has 4 heteroatoms. The van der Waals surface area contributed by atoms with Crippen LogP contribution in [0.1, 0.15) is 0 Å². The molecule has 4 nitrogen and oxygen atoms in total. The van der Waals surface area contributed by atoms with Crippen LogP contribution in [0.3, 0.4) is 0 Å². The van der Waals surface area contributed by atoms with E-state index >= 15 is 0 Å². The van der Waals surface area contributed by atoms with E-state index < -0.39 is 0 Å². The molecule has 0 N–H and O–H groups in total. The lowest BCUT2D eigenvalue weighted by atomic mass is 9.98. The molecular weight excluding hydrogens is 560 g/mol. The second-order valence-corrected chi connectivity index (χ2v) is 11.1. The summed E-state index contributed by atoms with van der Waals surface area (Å²) < 4.78 is 0. The molecule has 0 spiro atoms. The molecular formula is C42H28N4. The predicted octanol–water partition coefficient (Wildman–Crippen LogP) is 10.4. The first-order valence-corrected chi connectivity index (χ1v) is 15.3. The Balaban J connectivity index is 1.33. The zero-order valence-electron chi connectivity index (χ0n) is 25.0. The maximum Gasteiger partial charge on any atom is 0.161 e. The standard InChI is InChI=1S/C42H28N4/c1-5-15-29(16-6-1)37-27-38(30-17-7-2-8-18-30)44-41(43-37)35-25-13-24-34-33(35)23-14-26-36(34)42-45-39(31-19-9-3-10-20-31)28-40(46-42)32-21-11-4-12-22-32/h1-28H. The van der Waals surface area contributed by atoms with Gasteiger partial charge < -0.3 is 0 Å². The van der Waals surface area contributed by atoms with Gasteiger partial charge in [-0.2, -0.15) is 0 Å². The molecule has 0 aliphatic heterocycles. The van der Waals surface area contributed by atoms with Gasteiger partial charge in [-0.3, -0.25) is 0 Å². The number of hydrogen-bond donors (Lipinski definition) is 0. The van der Waals surface area contributed by atoms with Crippen LogP contribution in [0.5, 0.6) is 0 Å². The van der Waals surface area contributed by atoms with Crippen molar-refractivity contribution in [3.05, 3.63) is 170 Å². The summed E-state index contributed by atoms with van der Waals surface area (Å²) in [5, 5.41) is 2.08. The topological polar surface area (TPSA) is 51.6 Å². The number of aromatic nitrogens is 4. The lowest BCUT2D eigenvalue weighted by molar-refractivity contribution is 1.18. The van der Waals surface area contributed by atoms with Crippen LogP contribution >= 0.6 is 0 Å². The summed E-state index contributed by atoms with van der Waals surface area (Å²) in [5.41, 5.74) is 9.61. The second-order valence-electron chi connectivity index (χ2n) is 11.1. The molecule has 0 saturated heterocycles. The van der Waals surface area contributed by atoms with E-state index in [-0.39, 0.29) is 0 Å². The van der Waals surface area contributed by atoms with Gasteiger partial charge in [-0.25, -0.2) is 19.9 Å². The summed E-state index contributed by atoms with van der Waals surface area (Å²) in [5.74, 6) is 1.35. The van der Waals surface area contributed by atoms with Crippen molar-refractivity contribution in [2.24, 2.45) is 0 Å². The van der Waals surface area contributed by atoms with E-state index in [4.69, 9.17) is 19.9 Å². The summed E-state index contributed by atoms with van der Waals surface area (Å²) in [7, 11) is 0. The van der Waals surface area contributed by atoms with Crippen LogP contribution in [-0.2, 0) is 0 Å². The number of benzene rings is 6. The maximum atomic E-state index is 5.12. The van der Waals surface area contributed by atoms with Crippen molar-refractivity contribution >= 4 is 10.8 Å². The third-order valence-corrected chi connectivity index (χ3v) is 8.13. The Kier molecular flexibility index (Phi) is 7.14. The normalized spacial score (nSPS) is 11.0. The fraction of sp³-hybridized carbons (Fsp3) is 0. The Morgan fingerprint density at radius 2 is 0.543 bits per heavy atom. The Morgan fingerprint density at radius 1 is 0.261 bits per heavy atom. The summed E-state index contributed by atoms with van der Waals surface area (Å²) >= 11 is 0. The first kappa shape index (κ1) is 27.3. The van der Waals surface area contributed by atoms with Crippen LogP contribution in [0.2, 0.25) is 0 Å². The van der Waals surface area contributed by atoms with E-state index in [1.165, 1.54) is 0 Å². The van der Waals surface area contributed by atoms with Crippen LogP contribution < -0.4 is 0 Å². The third kappa shape index (κ3) is 5.33. The number of rotatable bonds is 6. The minimum atomic E-state index is 0.673. The quantitative estimate of drug-likeness (QED) is 0.194. The fourth-order valence-corrected chi connectivity index (χ4v) is 5.86. The molecule has 0 unspecified atom stereocenters. The largest absolute Gasteiger partial charge is 0.228 e. The van der Waals surface area contributed by atoms with Crippen LogP contribution in [-0.4, -0.2) is 19.9 Å². The summed E-state index contributed by atoms with van der Waals surface area (Å²) in [6.07, 6.45) is 0. The van der Waals surface area contributed by atoms with E-state index in [1.54, 1.807) is 0 Å². The van der Waals surface area contributed by atoms with Crippen molar-refractivity contribution in [3.8, 4) is 67.8 Å². The molecule has 2 heterocycles. The summed E-state index contributed by atoms with van der Waals surface area (Å²) in [6, 6.07) is 57.8. The molecule has 8 aromatic rings. The molecule has 2 aromatic heterocycles. The molecule has 216 valence electrons. The van der Waals surface area contributed by atoms with Crippen molar-refractivity contribution in [1.82, 2.24) is 19.9 Å². The minimum Gasteiger partial charge on any atom is -0.228 e. The molecule has 0 aliphatic carbocycles. The second kappa shape index (κ2) is 12.0. The van der Waals surface area contributed by atoms with Crippen LogP contribution in [0.15, 0.2) is 170 Å². The molecule has 0 atom stereocenters. The van der Waals surface area contributed by atoms with Crippen molar-refractivity contribution < 1.29 is 0 Å². The monoisotopic (exact) mass is 588 g/mol. The zero-order valence-corrected chi connectivity index (χ0v) is 25.0. The molecule has 6 aromatic carbocycles.